The highest BCUT2D eigenvalue weighted by atomic mass is 16.8. The normalized spacial score (nSPS) is 11.7. The Morgan fingerprint density at radius 2 is 2.06 bits per heavy atom. The van der Waals surface area contributed by atoms with Crippen molar-refractivity contribution in [1.82, 2.24) is 10.2 Å². The Balaban J connectivity index is 3.01. The van der Waals surface area contributed by atoms with Gasteiger partial charge in [-0.3, -0.25) is 19.7 Å². The second kappa shape index (κ2) is 11.9. The Labute approximate surface area is 177 Å². The molecular formula is C19H23N4O8+. The van der Waals surface area contributed by atoms with Gasteiger partial charge in [0, 0.05) is 19.2 Å². The Morgan fingerprint density at radius 1 is 1.39 bits per heavy atom. The van der Waals surface area contributed by atoms with Gasteiger partial charge < -0.3 is 19.8 Å². The van der Waals surface area contributed by atoms with Gasteiger partial charge in [-0.2, -0.15) is 5.26 Å². The Bertz CT molecular complexity index is 922. The van der Waals surface area contributed by atoms with E-state index in [1.54, 1.807) is 13.0 Å². The Hall–Kier alpha value is -3.98. The zero-order chi connectivity index (χ0) is 23.6. The molecule has 1 aromatic rings. The number of imide groups is 1. The number of aromatic hydroxyl groups is 2. The number of phenols is 2. The van der Waals surface area contributed by atoms with Crippen LogP contribution < -0.4 is 5.32 Å². The summed E-state index contributed by atoms with van der Waals surface area (Å²) in [6.45, 7) is 3.35. The summed E-state index contributed by atoms with van der Waals surface area (Å²) in [6.07, 6.45) is 0.455. The predicted octanol–water partition coefficient (Wildman–Crippen LogP) is 0.503. The van der Waals surface area contributed by atoms with Crippen LogP contribution in [0.25, 0.3) is 6.08 Å². The van der Waals surface area contributed by atoms with Gasteiger partial charge in [-0.25, -0.2) is 4.84 Å². The van der Waals surface area contributed by atoms with E-state index < -0.39 is 35.1 Å². The minimum Gasteiger partial charge on any atom is -0.504 e. The van der Waals surface area contributed by atoms with Gasteiger partial charge in [0.15, 0.2) is 12.9 Å². The van der Waals surface area contributed by atoms with E-state index in [4.69, 9.17) is 4.74 Å². The molecule has 0 saturated carbocycles. The average Bonchev–Trinajstić information content (AvgIpc) is 2.76. The highest BCUT2D eigenvalue weighted by molar-refractivity contribution is 6.01. The third-order valence-corrected chi connectivity index (χ3v) is 4.08. The third kappa shape index (κ3) is 6.79. The van der Waals surface area contributed by atoms with E-state index in [9.17, 15) is 34.8 Å². The molecule has 166 valence electrons. The van der Waals surface area contributed by atoms with E-state index in [0.717, 1.165) is 25.3 Å². The number of nitriles is 1. The number of hydrogen-bond acceptors (Lipinski definition) is 9. The van der Waals surface area contributed by atoms with Crippen molar-refractivity contribution >= 4 is 30.0 Å². The number of carbonyl (C=O) groups excluding carboxylic acids is 3. The maximum absolute atomic E-state index is 12.7. The first kappa shape index (κ1) is 25.1. The lowest BCUT2D eigenvalue weighted by Crippen LogP contribution is -2.38. The van der Waals surface area contributed by atoms with Crippen LogP contribution in [0, 0.1) is 16.2 Å². The minimum absolute atomic E-state index is 0.0329. The van der Waals surface area contributed by atoms with Crippen molar-refractivity contribution in [3.63, 3.8) is 0 Å². The molecule has 3 amide bonds. The number of amides is 3. The number of nitrogens with one attached hydrogen (secondary N) is 1. The van der Waals surface area contributed by atoms with E-state index in [0.29, 0.717) is 0 Å². The van der Waals surface area contributed by atoms with Gasteiger partial charge >= 0.3 is 5.69 Å². The summed E-state index contributed by atoms with van der Waals surface area (Å²) >= 11 is 0. The lowest BCUT2D eigenvalue weighted by Gasteiger charge is -2.21. The number of nitrogens with zero attached hydrogens (tertiary/aromatic N) is 3. The second-order valence-electron chi connectivity index (χ2n) is 6.04. The minimum atomic E-state index is -0.917. The molecule has 0 saturated heterocycles. The Morgan fingerprint density at radius 3 is 2.61 bits per heavy atom. The lowest BCUT2D eigenvalue weighted by molar-refractivity contribution is -0.736. The molecule has 31 heavy (non-hydrogen) atoms. The molecule has 0 fully saturated rings. The predicted molar refractivity (Wildman–Crippen MR) is 106 cm³/mol. The standard InChI is InChI=1S/C19H22N4O8/c1-4-22(5-6-31-12(2)18(27)21-11-24)19(28)14(10-20)7-13-8-15(23(29)30-3)17(26)16(25)9-13/h7-9,11-12H,4-6H2,1-3H3,(H2-,21,24,25,26,27,28,29)/p+1/t12-/m1/s1. The highest BCUT2D eigenvalue weighted by Crippen LogP contribution is 2.37. The number of rotatable bonds is 11. The first-order chi connectivity index (χ1) is 14.7. The van der Waals surface area contributed by atoms with Crippen LogP contribution in [-0.4, -0.2) is 71.2 Å². The lowest BCUT2D eigenvalue weighted by atomic mass is 10.1. The number of benzene rings is 1. The number of carbonyl (C=O) groups is 3. The largest absolute Gasteiger partial charge is 0.504 e. The zero-order valence-corrected chi connectivity index (χ0v) is 17.2. The molecule has 0 heterocycles. The van der Waals surface area contributed by atoms with Crippen molar-refractivity contribution in [1.29, 1.82) is 5.26 Å². The van der Waals surface area contributed by atoms with Crippen molar-refractivity contribution in [2.24, 2.45) is 0 Å². The Kier molecular flexibility index (Phi) is 9.61. The molecule has 0 aromatic heterocycles. The van der Waals surface area contributed by atoms with Crippen LogP contribution in [0.5, 0.6) is 11.5 Å². The molecule has 0 aliphatic rings. The summed E-state index contributed by atoms with van der Waals surface area (Å²) in [7, 11) is 1.06. The topological polar surface area (TPSA) is 169 Å². The third-order valence-electron chi connectivity index (χ3n) is 4.08. The fourth-order valence-electron chi connectivity index (χ4n) is 2.42. The molecule has 0 aliphatic carbocycles. The van der Waals surface area contributed by atoms with Crippen molar-refractivity contribution < 1.29 is 39.1 Å². The number of ether oxygens (including phenoxy) is 1. The number of likely N-dealkylation sites (N-methyl/N-ethyl adjacent to an activating group) is 1. The fourth-order valence-corrected chi connectivity index (χ4v) is 2.42. The summed E-state index contributed by atoms with van der Waals surface area (Å²) in [5.74, 6) is -2.65. The van der Waals surface area contributed by atoms with Crippen molar-refractivity contribution in [2.45, 2.75) is 20.0 Å². The van der Waals surface area contributed by atoms with E-state index in [1.165, 1.54) is 11.8 Å². The molecule has 0 aliphatic heterocycles. The molecule has 0 radical (unpaired) electrons. The maximum Gasteiger partial charge on any atom is 0.362 e. The SMILES string of the molecule is CCN(CCO[C@H](C)C(=O)NC=O)C(=O)/C(C#N)=C/c1cc(O)c(O)c([N+](=O)OC)c1. The summed E-state index contributed by atoms with van der Waals surface area (Å²) in [5.41, 5.74) is -0.624. The monoisotopic (exact) mass is 435 g/mol. The van der Waals surface area contributed by atoms with Crippen molar-refractivity contribution in [3.8, 4) is 17.6 Å². The number of hydrogen-bond donors (Lipinski definition) is 3. The number of phenolic OH excluding ortho intramolecular Hbond substituents is 2. The van der Waals surface area contributed by atoms with Gasteiger partial charge in [0.05, 0.1) is 11.5 Å². The van der Waals surface area contributed by atoms with Gasteiger partial charge in [-0.05, 0) is 31.6 Å². The van der Waals surface area contributed by atoms with Gasteiger partial charge in [0.1, 0.15) is 17.7 Å². The molecule has 0 bridgehead atoms. The van der Waals surface area contributed by atoms with E-state index in [-0.39, 0.29) is 42.2 Å². The van der Waals surface area contributed by atoms with E-state index >= 15 is 0 Å². The van der Waals surface area contributed by atoms with E-state index in [1.807, 2.05) is 5.32 Å². The summed E-state index contributed by atoms with van der Waals surface area (Å²) in [6, 6.07) is 3.95. The van der Waals surface area contributed by atoms with Crippen LogP contribution in [0.15, 0.2) is 17.7 Å². The molecule has 0 unspecified atom stereocenters. The average molecular weight is 435 g/mol. The van der Waals surface area contributed by atoms with Gasteiger partial charge in [-0.1, -0.05) is 0 Å². The van der Waals surface area contributed by atoms with Crippen LogP contribution in [0.2, 0.25) is 0 Å². The molecule has 1 rings (SSSR count). The fraction of sp³-hybridized carbons (Fsp3) is 0.368. The zero-order valence-electron chi connectivity index (χ0n) is 17.2. The summed E-state index contributed by atoms with van der Waals surface area (Å²) in [4.78, 5) is 51.8. The molecule has 3 N–H and O–H groups in total. The molecule has 12 nitrogen and oxygen atoms in total. The van der Waals surface area contributed by atoms with Crippen LogP contribution in [0.4, 0.5) is 5.69 Å². The highest BCUT2D eigenvalue weighted by Gasteiger charge is 2.25. The molecule has 12 heteroatoms. The first-order valence-electron chi connectivity index (χ1n) is 9.04. The van der Waals surface area contributed by atoms with Gasteiger partial charge in [0.2, 0.25) is 12.2 Å². The van der Waals surface area contributed by atoms with E-state index in [2.05, 4.69) is 4.84 Å². The molecule has 1 aromatic carbocycles. The van der Waals surface area contributed by atoms with Crippen LogP contribution in [-0.2, 0) is 24.0 Å². The van der Waals surface area contributed by atoms with Gasteiger partial charge in [-0.15, -0.1) is 0 Å². The van der Waals surface area contributed by atoms with Crippen LogP contribution in [0.3, 0.4) is 0 Å². The van der Waals surface area contributed by atoms with Crippen LogP contribution in [0.1, 0.15) is 19.4 Å². The van der Waals surface area contributed by atoms with Crippen molar-refractivity contribution in [3.05, 3.63) is 28.2 Å². The second-order valence-corrected chi connectivity index (χ2v) is 6.04. The van der Waals surface area contributed by atoms with Crippen molar-refractivity contribution in [2.75, 3.05) is 26.8 Å². The molecular weight excluding hydrogens is 412 g/mol. The quantitative estimate of drug-likeness (QED) is 0.147. The maximum atomic E-state index is 12.7. The molecule has 1 atom stereocenters. The summed E-state index contributed by atoms with van der Waals surface area (Å²) < 4.78 is 5.27. The smallest absolute Gasteiger partial charge is 0.362 e. The van der Waals surface area contributed by atoms with Gasteiger partial charge in [0.25, 0.3) is 16.7 Å². The summed E-state index contributed by atoms with van der Waals surface area (Å²) in [5, 5.41) is 30.9. The van der Waals surface area contributed by atoms with Crippen LogP contribution >= 0.6 is 0 Å². The first-order valence-corrected chi connectivity index (χ1v) is 9.04. The molecule has 0 spiro atoms.